The van der Waals surface area contributed by atoms with E-state index in [-0.39, 0.29) is 18.4 Å². The molecule has 2 rings (SSSR count). The summed E-state index contributed by atoms with van der Waals surface area (Å²) in [6, 6.07) is 0. The maximum Gasteiger partial charge on any atom is 0.229 e. The van der Waals surface area contributed by atoms with Gasteiger partial charge in [-0.25, -0.2) is 0 Å². The Labute approximate surface area is 89.3 Å². The Morgan fingerprint density at radius 3 is 2.20 bits per heavy atom. The average Bonchev–Trinajstić information content (AvgIpc) is 3.01. The minimum absolute atomic E-state index is 0.114. The number of nitrogens with zero attached hydrogens (tertiary/aromatic N) is 1. The first-order valence-electron chi connectivity index (χ1n) is 5.70. The smallest absolute Gasteiger partial charge is 0.229 e. The van der Waals surface area contributed by atoms with Crippen molar-refractivity contribution in [2.24, 2.45) is 5.92 Å². The molecule has 2 amide bonds. The van der Waals surface area contributed by atoms with Gasteiger partial charge in [-0.2, -0.15) is 0 Å². The first-order valence-corrected chi connectivity index (χ1v) is 5.70. The molecule has 4 heteroatoms. The number of β-amino-alcohol motifs (C(OH)–C–C–N with tert-alkyl or cyclic N) is 1. The van der Waals surface area contributed by atoms with Crippen LogP contribution in [-0.2, 0) is 9.59 Å². The zero-order valence-corrected chi connectivity index (χ0v) is 8.82. The molecule has 1 heterocycles. The molecular weight excluding hydrogens is 194 g/mol. The van der Waals surface area contributed by atoms with Crippen LogP contribution >= 0.6 is 0 Å². The summed E-state index contributed by atoms with van der Waals surface area (Å²) in [6.07, 6.45) is 4.03. The van der Waals surface area contributed by atoms with E-state index in [1.807, 2.05) is 0 Å². The predicted octanol–water partition coefficient (Wildman–Crippen LogP) is 0.686. The molecule has 2 aliphatic rings. The number of aliphatic hydroxyl groups is 1. The quantitative estimate of drug-likeness (QED) is 0.699. The second kappa shape index (κ2) is 4.31. The Morgan fingerprint density at radius 2 is 1.73 bits per heavy atom. The highest BCUT2D eigenvalue weighted by atomic mass is 16.3. The van der Waals surface area contributed by atoms with Crippen LogP contribution in [0.4, 0.5) is 0 Å². The van der Waals surface area contributed by atoms with E-state index in [0.29, 0.717) is 18.8 Å². The molecule has 1 atom stereocenters. The van der Waals surface area contributed by atoms with Crippen LogP contribution in [0.5, 0.6) is 0 Å². The van der Waals surface area contributed by atoms with Gasteiger partial charge in [0, 0.05) is 12.8 Å². The molecule has 4 nitrogen and oxygen atoms in total. The summed E-state index contributed by atoms with van der Waals surface area (Å²) >= 11 is 0. The van der Waals surface area contributed by atoms with Crippen molar-refractivity contribution in [3.63, 3.8) is 0 Å². The second-order valence-corrected chi connectivity index (χ2v) is 4.51. The highest BCUT2D eigenvalue weighted by Gasteiger charge is 2.34. The lowest BCUT2D eigenvalue weighted by Crippen LogP contribution is -2.41. The summed E-state index contributed by atoms with van der Waals surface area (Å²) in [7, 11) is 0. The molecule has 0 aromatic carbocycles. The number of imide groups is 1. The Balaban J connectivity index is 1.96. The summed E-state index contributed by atoms with van der Waals surface area (Å²) in [5.41, 5.74) is 0. The van der Waals surface area contributed by atoms with E-state index in [2.05, 4.69) is 0 Å². The summed E-state index contributed by atoms with van der Waals surface area (Å²) in [4.78, 5) is 24.5. The number of carbonyl (C=O) groups is 2. The van der Waals surface area contributed by atoms with E-state index >= 15 is 0 Å². The fourth-order valence-corrected chi connectivity index (χ4v) is 1.98. The van der Waals surface area contributed by atoms with Crippen molar-refractivity contribution < 1.29 is 14.7 Å². The lowest BCUT2D eigenvalue weighted by atomic mass is 10.2. The van der Waals surface area contributed by atoms with Crippen molar-refractivity contribution in [3.8, 4) is 0 Å². The van der Waals surface area contributed by atoms with Crippen LogP contribution in [0.3, 0.4) is 0 Å². The number of hydrogen-bond acceptors (Lipinski definition) is 3. The van der Waals surface area contributed by atoms with E-state index < -0.39 is 6.10 Å². The highest BCUT2D eigenvalue weighted by Crippen LogP contribution is 2.33. The van der Waals surface area contributed by atoms with Crippen molar-refractivity contribution in [1.82, 2.24) is 4.90 Å². The maximum atomic E-state index is 11.6. The van der Waals surface area contributed by atoms with Gasteiger partial charge in [-0.15, -0.1) is 0 Å². The minimum atomic E-state index is -0.504. The topological polar surface area (TPSA) is 57.6 Å². The van der Waals surface area contributed by atoms with Gasteiger partial charge in [0.05, 0.1) is 12.6 Å². The van der Waals surface area contributed by atoms with Gasteiger partial charge in [-0.3, -0.25) is 14.5 Å². The van der Waals surface area contributed by atoms with Gasteiger partial charge in [0.25, 0.3) is 0 Å². The van der Waals surface area contributed by atoms with Gasteiger partial charge in [0.15, 0.2) is 0 Å². The summed E-state index contributed by atoms with van der Waals surface area (Å²) in [6.45, 7) is 0.211. The number of rotatable bonds is 3. The van der Waals surface area contributed by atoms with Crippen LogP contribution in [0.15, 0.2) is 0 Å². The van der Waals surface area contributed by atoms with Crippen molar-refractivity contribution in [3.05, 3.63) is 0 Å². The molecule has 84 valence electrons. The molecule has 1 N–H and O–H groups in total. The van der Waals surface area contributed by atoms with E-state index in [1.165, 1.54) is 4.90 Å². The van der Waals surface area contributed by atoms with Gasteiger partial charge in [-0.1, -0.05) is 0 Å². The summed E-state index contributed by atoms with van der Waals surface area (Å²) in [5.74, 6) is 0.0863. The van der Waals surface area contributed by atoms with Crippen molar-refractivity contribution in [2.75, 3.05) is 6.54 Å². The third-order valence-corrected chi connectivity index (χ3v) is 3.17. The SMILES string of the molecule is O=C1CCCCC(=O)N1CC(O)C1CC1. The Bertz CT molecular complexity index is 255. The molecule has 0 aromatic rings. The normalized spacial score (nSPS) is 25.3. The standard InChI is InChI=1S/C11H17NO3/c13-9(8-5-6-8)7-12-10(14)3-1-2-4-11(12)15/h8-9,13H,1-7H2. The van der Waals surface area contributed by atoms with Crippen LogP contribution in [-0.4, -0.2) is 34.5 Å². The highest BCUT2D eigenvalue weighted by molar-refractivity contribution is 5.96. The van der Waals surface area contributed by atoms with E-state index in [9.17, 15) is 14.7 Å². The van der Waals surface area contributed by atoms with E-state index in [1.54, 1.807) is 0 Å². The molecule has 1 aliphatic heterocycles. The molecular formula is C11H17NO3. The zero-order valence-electron chi connectivity index (χ0n) is 8.82. The van der Waals surface area contributed by atoms with Crippen LogP contribution in [0.1, 0.15) is 38.5 Å². The molecule has 1 unspecified atom stereocenters. The van der Waals surface area contributed by atoms with Crippen molar-refractivity contribution in [1.29, 1.82) is 0 Å². The van der Waals surface area contributed by atoms with Crippen molar-refractivity contribution in [2.45, 2.75) is 44.6 Å². The Hall–Kier alpha value is -0.900. The van der Waals surface area contributed by atoms with Crippen LogP contribution in [0.2, 0.25) is 0 Å². The number of carbonyl (C=O) groups excluding carboxylic acids is 2. The molecule has 1 saturated heterocycles. The Morgan fingerprint density at radius 1 is 1.20 bits per heavy atom. The number of aliphatic hydroxyl groups excluding tert-OH is 1. The lowest BCUT2D eigenvalue weighted by molar-refractivity contribution is -0.145. The van der Waals surface area contributed by atoms with Crippen LogP contribution in [0.25, 0.3) is 0 Å². The van der Waals surface area contributed by atoms with Crippen LogP contribution in [0, 0.1) is 5.92 Å². The van der Waals surface area contributed by atoms with E-state index in [4.69, 9.17) is 0 Å². The van der Waals surface area contributed by atoms with E-state index in [0.717, 1.165) is 25.7 Å². The third-order valence-electron chi connectivity index (χ3n) is 3.17. The maximum absolute atomic E-state index is 11.6. The largest absolute Gasteiger partial charge is 0.391 e. The lowest BCUT2D eigenvalue weighted by Gasteiger charge is -2.21. The fraction of sp³-hybridized carbons (Fsp3) is 0.818. The molecule has 1 aliphatic carbocycles. The predicted molar refractivity (Wildman–Crippen MR) is 53.9 cm³/mol. The summed E-state index contributed by atoms with van der Waals surface area (Å²) in [5, 5.41) is 9.72. The fourth-order valence-electron chi connectivity index (χ4n) is 1.98. The Kier molecular flexibility index (Phi) is 3.05. The van der Waals surface area contributed by atoms with Gasteiger partial charge in [0.1, 0.15) is 0 Å². The minimum Gasteiger partial charge on any atom is -0.391 e. The van der Waals surface area contributed by atoms with Crippen molar-refractivity contribution >= 4 is 11.8 Å². The zero-order chi connectivity index (χ0) is 10.8. The molecule has 0 bridgehead atoms. The number of hydrogen-bond donors (Lipinski definition) is 1. The summed E-state index contributed by atoms with van der Waals surface area (Å²) < 4.78 is 0. The molecule has 15 heavy (non-hydrogen) atoms. The monoisotopic (exact) mass is 211 g/mol. The molecule has 2 fully saturated rings. The molecule has 0 spiro atoms. The molecule has 0 radical (unpaired) electrons. The molecule has 1 saturated carbocycles. The van der Waals surface area contributed by atoms with Gasteiger partial charge < -0.3 is 5.11 Å². The van der Waals surface area contributed by atoms with Gasteiger partial charge in [0.2, 0.25) is 11.8 Å². The second-order valence-electron chi connectivity index (χ2n) is 4.51. The van der Waals surface area contributed by atoms with Gasteiger partial charge in [-0.05, 0) is 31.6 Å². The van der Waals surface area contributed by atoms with Crippen LogP contribution < -0.4 is 0 Å². The number of likely N-dealkylation sites (tertiary alicyclic amines) is 1. The average molecular weight is 211 g/mol. The first-order chi connectivity index (χ1) is 7.18. The number of amides is 2. The molecule has 0 aromatic heterocycles. The first kappa shape index (κ1) is 10.6. The van der Waals surface area contributed by atoms with Gasteiger partial charge >= 0.3 is 0 Å². The third kappa shape index (κ3) is 2.56.